The molecule has 0 fully saturated rings. The van der Waals surface area contributed by atoms with Crippen molar-refractivity contribution in [3.63, 3.8) is 0 Å². The van der Waals surface area contributed by atoms with Crippen molar-refractivity contribution in [3.8, 4) is 6.07 Å². The van der Waals surface area contributed by atoms with E-state index in [4.69, 9.17) is 10.00 Å². The Hall–Kier alpha value is -2.12. The van der Waals surface area contributed by atoms with Gasteiger partial charge in [-0.3, -0.25) is 0 Å². The number of ether oxygens (including phenoxy) is 1. The molecule has 2 aromatic rings. The third kappa shape index (κ3) is 1.33. The fraction of sp³-hybridized carbons (Fsp3) is 0.333. The minimum absolute atomic E-state index is 0.392. The summed E-state index contributed by atoms with van der Waals surface area (Å²) in [6.45, 7) is 1.65. The zero-order valence-electron chi connectivity index (χ0n) is 10.5. The Morgan fingerprint density at radius 1 is 1.42 bits per heavy atom. The van der Waals surface area contributed by atoms with E-state index in [1.54, 1.807) is 0 Å². The Bertz CT molecular complexity index is 698. The van der Waals surface area contributed by atoms with Crippen molar-refractivity contribution in [3.05, 3.63) is 53.1 Å². The second-order valence-corrected chi connectivity index (χ2v) is 5.13. The molecule has 0 amide bonds. The van der Waals surface area contributed by atoms with Gasteiger partial charge in [-0.15, -0.1) is 0 Å². The highest BCUT2D eigenvalue weighted by Crippen LogP contribution is 2.45. The molecule has 2 aliphatic rings. The van der Waals surface area contributed by atoms with Crippen molar-refractivity contribution in [1.82, 2.24) is 9.55 Å². The SMILES string of the molecule is N#Cc1ccc2c(c1)C1(CCn3cncc31)OCC2. The zero-order chi connectivity index (χ0) is 12.9. The Kier molecular flexibility index (Phi) is 2.09. The number of nitriles is 1. The lowest BCUT2D eigenvalue weighted by molar-refractivity contribution is -0.0273. The molecule has 0 saturated heterocycles. The average molecular weight is 251 g/mol. The molecule has 1 aromatic heterocycles. The van der Waals surface area contributed by atoms with Crippen LogP contribution in [0.2, 0.25) is 0 Å². The molecule has 2 aliphatic heterocycles. The van der Waals surface area contributed by atoms with Crippen LogP contribution in [0.4, 0.5) is 0 Å². The van der Waals surface area contributed by atoms with Gasteiger partial charge >= 0.3 is 0 Å². The van der Waals surface area contributed by atoms with E-state index >= 15 is 0 Å². The molecular weight excluding hydrogens is 238 g/mol. The smallest absolute Gasteiger partial charge is 0.136 e. The van der Waals surface area contributed by atoms with E-state index in [0.717, 1.165) is 37.3 Å². The molecule has 3 heterocycles. The summed E-state index contributed by atoms with van der Waals surface area (Å²) in [5, 5.41) is 9.12. The molecule has 94 valence electrons. The van der Waals surface area contributed by atoms with Crippen molar-refractivity contribution >= 4 is 0 Å². The Morgan fingerprint density at radius 3 is 3.26 bits per heavy atom. The number of imidazole rings is 1. The highest BCUT2D eigenvalue weighted by atomic mass is 16.5. The molecule has 1 aromatic carbocycles. The van der Waals surface area contributed by atoms with Crippen LogP contribution in [0.3, 0.4) is 0 Å². The van der Waals surface area contributed by atoms with Gasteiger partial charge in [0.25, 0.3) is 0 Å². The van der Waals surface area contributed by atoms with Gasteiger partial charge in [0.1, 0.15) is 5.60 Å². The van der Waals surface area contributed by atoms with E-state index in [1.165, 1.54) is 5.56 Å². The van der Waals surface area contributed by atoms with Crippen molar-refractivity contribution < 1.29 is 4.74 Å². The predicted octanol–water partition coefficient (Wildman–Crippen LogP) is 1.97. The first-order chi connectivity index (χ1) is 9.33. The van der Waals surface area contributed by atoms with Crippen LogP contribution < -0.4 is 0 Å². The third-order valence-electron chi connectivity index (χ3n) is 4.22. The first-order valence-corrected chi connectivity index (χ1v) is 6.51. The molecular formula is C15H13N3O. The average Bonchev–Trinajstić information content (AvgIpc) is 3.04. The molecule has 0 bridgehead atoms. The summed E-state index contributed by atoms with van der Waals surface area (Å²) in [4.78, 5) is 4.23. The van der Waals surface area contributed by atoms with Gasteiger partial charge in [-0.2, -0.15) is 5.26 Å². The molecule has 4 heteroatoms. The second-order valence-electron chi connectivity index (χ2n) is 5.13. The maximum atomic E-state index is 9.12. The highest BCUT2D eigenvalue weighted by molar-refractivity contribution is 5.47. The third-order valence-corrected chi connectivity index (χ3v) is 4.22. The van der Waals surface area contributed by atoms with E-state index in [0.29, 0.717) is 5.56 Å². The van der Waals surface area contributed by atoms with E-state index in [9.17, 15) is 0 Å². The molecule has 19 heavy (non-hydrogen) atoms. The minimum atomic E-state index is -0.392. The molecule has 4 rings (SSSR count). The number of aromatic nitrogens is 2. The second kappa shape index (κ2) is 3.69. The van der Waals surface area contributed by atoms with Crippen molar-refractivity contribution in [2.24, 2.45) is 0 Å². The number of hydrogen-bond acceptors (Lipinski definition) is 3. The van der Waals surface area contributed by atoms with Gasteiger partial charge in [-0.25, -0.2) is 4.98 Å². The fourth-order valence-corrected chi connectivity index (χ4v) is 3.31. The van der Waals surface area contributed by atoms with Gasteiger partial charge in [-0.1, -0.05) is 6.07 Å². The lowest BCUT2D eigenvalue weighted by atomic mass is 9.82. The van der Waals surface area contributed by atoms with E-state index in [1.807, 2.05) is 24.7 Å². The monoisotopic (exact) mass is 251 g/mol. The maximum absolute atomic E-state index is 9.12. The number of rotatable bonds is 0. The summed E-state index contributed by atoms with van der Waals surface area (Å²) < 4.78 is 8.31. The maximum Gasteiger partial charge on any atom is 0.136 e. The Balaban J connectivity index is 1.97. The summed E-state index contributed by atoms with van der Waals surface area (Å²) in [6, 6.07) is 8.17. The number of fused-ring (bicyclic) bond motifs is 4. The van der Waals surface area contributed by atoms with Crippen LogP contribution >= 0.6 is 0 Å². The Morgan fingerprint density at radius 2 is 2.37 bits per heavy atom. The Labute approximate surface area is 111 Å². The van der Waals surface area contributed by atoms with Crippen LogP contribution in [0.5, 0.6) is 0 Å². The molecule has 0 aliphatic carbocycles. The molecule has 0 N–H and O–H groups in total. The van der Waals surface area contributed by atoms with Crippen LogP contribution in [0.25, 0.3) is 0 Å². The molecule has 0 saturated carbocycles. The summed E-state index contributed by atoms with van der Waals surface area (Å²) >= 11 is 0. The molecule has 0 radical (unpaired) electrons. The molecule has 1 spiro atoms. The molecule has 4 nitrogen and oxygen atoms in total. The van der Waals surface area contributed by atoms with Crippen molar-refractivity contribution in [1.29, 1.82) is 5.26 Å². The predicted molar refractivity (Wildman–Crippen MR) is 68.4 cm³/mol. The van der Waals surface area contributed by atoms with Gasteiger partial charge in [0.2, 0.25) is 0 Å². The van der Waals surface area contributed by atoms with E-state index < -0.39 is 5.60 Å². The van der Waals surface area contributed by atoms with Gasteiger partial charge in [0, 0.05) is 13.0 Å². The summed E-state index contributed by atoms with van der Waals surface area (Å²) in [7, 11) is 0. The molecule has 1 unspecified atom stereocenters. The largest absolute Gasteiger partial charge is 0.364 e. The van der Waals surface area contributed by atoms with Crippen LogP contribution in [-0.2, 0) is 23.3 Å². The minimum Gasteiger partial charge on any atom is -0.364 e. The van der Waals surface area contributed by atoms with Crippen LogP contribution in [0.1, 0.15) is 28.8 Å². The number of aryl methyl sites for hydroxylation is 1. The van der Waals surface area contributed by atoms with Gasteiger partial charge in [0.05, 0.1) is 36.5 Å². The fourth-order valence-electron chi connectivity index (χ4n) is 3.31. The van der Waals surface area contributed by atoms with Crippen molar-refractivity contribution in [2.45, 2.75) is 25.0 Å². The van der Waals surface area contributed by atoms with Crippen molar-refractivity contribution in [2.75, 3.05) is 6.61 Å². The highest BCUT2D eigenvalue weighted by Gasteiger charge is 2.45. The van der Waals surface area contributed by atoms with Gasteiger partial charge in [-0.05, 0) is 29.7 Å². The standard InChI is InChI=1S/C15H13N3O/c16-8-11-1-2-12-3-6-19-15(13(12)7-11)4-5-18-10-17-9-14(15)18/h1-2,7,9-10H,3-6H2. The zero-order valence-corrected chi connectivity index (χ0v) is 10.5. The van der Waals surface area contributed by atoms with Crippen LogP contribution in [0, 0.1) is 11.3 Å². The van der Waals surface area contributed by atoms with E-state index in [2.05, 4.69) is 21.7 Å². The van der Waals surface area contributed by atoms with Gasteiger partial charge in [0.15, 0.2) is 0 Å². The summed E-state index contributed by atoms with van der Waals surface area (Å²) in [5.74, 6) is 0. The normalized spacial score (nSPS) is 23.9. The lowest BCUT2D eigenvalue weighted by Crippen LogP contribution is -2.34. The van der Waals surface area contributed by atoms with Gasteiger partial charge < -0.3 is 9.30 Å². The lowest BCUT2D eigenvalue weighted by Gasteiger charge is -2.35. The summed E-state index contributed by atoms with van der Waals surface area (Å²) in [6.07, 6.45) is 5.58. The van der Waals surface area contributed by atoms with Crippen LogP contribution in [-0.4, -0.2) is 16.2 Å². The first kappa shape index (κ1) is 10.8. The number of nitrogens with zero attached hydrogens (tertiary/aromatic N) is 3. The number of hydrogen-bond donors (Lipinski definition) is 0. The summed E-state index contributed by atoms with van der Waals surface area (Å²) in [5.41, 5.74) is 3.86. The molecule has 1 atom stereocenters. The van der Waals surface area contributed by atoms with Crippen LogP contribution in [0.15, 0.2) is 30.7 Å². The number of benzene rings is 1. The quantitative estimate of drug-likeness (QED) is 0.719. The first-order valence-electron chi connectivity index (χ1n) is 6.51. The topological polar surface area (TPSA) is 50.8 Å². The van der Waals surface area contributed by atoms with E-state index in [-0.39, 0.29) is 0 Å².